The fraction of sp³-hybridized carbons (Fsp3) is 0.923. The number of thioether (sulfide) groups is 1. The van der Waals surface area contributed by atoms with Gasteiger partial charge in [0.1, 0.15) is 0 Å². The Kier molecular flexibility index (Phi) is 2.18. The van der Waals surface area contributed by atoms with Crippen LogP contribution < -0.4 is 5.32 Å². The van der Waals surface area contributed by atoms with Crippen molar-refractivity contribution in [3.63, 3.8) is 0 Å². The summed E-state index contributed by atoms with van der Waals surface area (Å²) in [5, 5.41) is 3.71. The third-order valence-corrected chi connectivity index (χ3v) is 7.12. The predicted molar refractivity (Wildman–Crippen MR) is 67.5 cm³/mol. The number of amides is 1. The number of carbonyl (C=O) groups is 1. The molecule has 1 N–H and O–H groups in total. The van der Waals surface area contributed by atoms with Crippen molar-refractivity contribution >= 4 is 17.0 Å². The molecule has 4 rings (SSSR count). The molecule has 3 heteroatoms. The molecule has 0 aromatic heterocycles. The molecule has 16 heavy (non-hydrogen) atoms. The van der Waals surface area contributed by atoms with Crippen molar-refractivity contribution in [3.05, 3.63) is 0 Å². The molecule has 1 saturated heterocycles. The Balaban J connectivity index is 1.93. The highest BCUT2D eigenvalue weighted by Gasteiger charge is 2.68. The van der Waals surface area contributed by atoms with Crippen LogP contribution in [0.15, 0.2) is 0 Å². The SMILES string of the molecule is CC1CCC2CC1(C1CNC(=O)S1)C2(C)C. The fourth-order valence-electron chi connectivity index (χ4n) is 4.72. The van der Waals surface area contributed by atoms with Gasteiger partial charge in [-0.15, -0.1) is 0 Å². The minimum Gasteiger partial charge on any atom is -0.346 e. The molecule has 1 heterocycles. The maximum Gasteiger partial charge on any atom is 0.279 e. The third-order valence-electron chi connectivity index (χ3n) is 5.89. The summed E-state index contributed by atoms with van der Waals surface area (Å²) in [4.78, 5) is 11.4. The van der Waals surface area contributed by atoms with Gasteiger partial charge in [-0.05, 0) is 41.9 Å². The van der Waals surface area contributed by atoms with Gasteiger partial charge in [-0.2, -0.15) is 0 Å². The zero-order chi connectivity index (χ0) is 11.6. The largest absolute Gasteiger partial charge is 0.346 e. The van der Waals surface area contributed by atoms with Crippen molar-refractivity contribution < 1.29 is 4.79 Å². The molecule has 4 aliphatic rings. The highest BCUT2D eigenvalue weighted by molar-refractivity contribution is 8.14. The lowest BCUT2D eigenvalue weighted by atomic mass is 9.36. The van der Waals surface area contributed by atoms with E-state index in [1.807, 2.05) is 0 Å². The lowest BCUT2D eigenvalue weighted by Crippen LogP contribution is -2.66. The van der Waals surface area contributed by atoms with E-state index in [2.05, 4.69) is 26.1 Å². The number of carbonyl (C=O) groups excluding carboxylic acids is 1. The summed E-state index contributed by atoms with van der Waals surface area (Å²) in [7, 11) is 0. The van der Waals surface area contributed by atoms with E-state index in [0.717, 1.165) is 18.4 Å². The van der Waals surface area contributed by atoms with Crippen molar-refractivity contribution in [2.75, 3.05) is 6.54 Å². The van der Waals surface area contributed by atoms with E-state index in [4.69, 9.17) is 0 Å². The minimum absolute atomic E-state index is 0.191. The van der Waals surface area contributed by atoms with Gasteiger partial charge in [0, 0.05) is 11.8 Å². The Hall–Kier alpha value is -0.180. The first-order valence-corrected chi connectivity index (χ1v) is 7.31. The highest BCUT2D eigenvalue weighted by atomic mass is 32.2. The van der Waals surface area contributed by atoms with E-state index in [-0.39, 0.29) is 5.24 Å². The Bertz CT molecular complexity index is 341. The van der Waals surface area contributed by atoms with Crippen molar-refractivity contribution in [1.29, 1.82) is 0 Å². The smallest absolute Gasteiger partial charge is 0.279 e. The number of hydrogen-bond donors (Lipinski definition) is 1. The van der Waals surface area contributed by atoms with Crippen LogP contribution in [0.3, 0.4) is 0 Å². The maximum absolute atomic E-state index is 11.4. The summed E-state index contributed by atoms with van der Waals surface area (Å²) in [5.41, 5.74) is 0.856. The van der Waals surface area contributed by atoms with E-state index in [9.17, 15) is 4.79 Å². The molecule has 2 nitrogen and oxygen atoms in total. The molecular weight excluding hydrogens is 218 g/mol. The van der Waals surface area contributed by atoms with Crippen molar-refractivity contribution in [2.45, 2.75) is 45.3 Å². The lowest BCUT2D eigenvalue weighted by molar-refractivity contribution is -0.192. The molecular formula is C13H21NOS. The van der Waals surface area contributed by atoms with Gasteiger partial charge in [-0.1, -0.05) is 32.5 Å². The van der Waals surface area contributed by atoms with Gasteiger partial charge in [-0.25, -0.2) is 0 Å². The number of rotatable bonds is 1. The zero-order valence-electron chi connectivity index (χ0n) is 10.4. The summed E-state index contributed by atoms with van der Waals surface area (Å²) in [5.74, 6) is 1.68. The van der Waals surface area contributed by atoms with Crippen molar-refractivity contribution in [2.24, 2.45) is 22.7 Å². The minimum atomic E-state index is 0.191. The molecule has 2 bridgehead atoms. The molecule has 1 aliphatic heterocycles. The summed E-state index contributed by atoms with van der Waals surface area (Å²) < 4.78 is 0. The standard InChI is InChI=1S/C13H21NOS/c1-8-4-5-9-6-13(8,12(9,2)3)10-7-14-11(15)16-10/h8-10H,4-7H2,1-3H3,(H,14,15). The normalized spacial score (nSPS) is 49.7. The van der Waals surface area contributed by atoms with Crippen LogP contribution in [-0.2, 0) is 0 Å². The first kappa shape index (κ1) is 10.9. The highest BCUT2D eigenvalue weighted by Crippen LogP contribution is 2.73. The maximum atomic E-state index is 11.4. The summed E-state index contributed by atoms with van der Waals surface area (Å²) in [6.07, 6.45) is 4.11. The third kappa shape index (κ3) is 1.08. The Morgan fingerprint density at radius 1 is 1.38 bits per heavy atom. The first-order valence-electron chi connectivity index (χ1n) is 6.43. The molecule has 4 atom stereocenters. The van der Waals surface area contributed by atoms with Crippen LogP contribution in [0.1, 0.15) is 40.0 Å². The van der Waals surface area contributed by atoms with Crippen LogP contribution in [0.2, 0.25) is 0 Å². The van der Waals surface area contributed by atoms with Crippen molar-refractivity contribution in [3.8, 4) is 0 Å². The number of fused-ring (bicyclic) bond motifs is 2. The number of nitrogens with one attached hydrogen (secondary N) is 1. The van der Waals surface area contributed by atoms with Gasteiger partial charge in [-0.3, -0.25) is 4.79 Å². The first-order chi connectivity index (χ1) is 7.48. The summed E-state index contributed by atoms with van der Waals surface area (Å²) in [6, 6.07) is 0. The Morgan fingerprint density at radius 2 is 2.12 bits per heavy atom. The molecule has 1 amide bonds. The molecule has 0 radical (unpaired) electrons. The van der Waals surface area contributed by atoms with Gasteiger partial charge >= 0.3 is 0 Å². The van der Waals surface area contributed by atoms with Crippen molar-refractivity contribution in [1.82, 2.24) is 5.32 Å². The second-order valence-corrected chi connectivity index (χ2v) is 7.59. The van der Waals surface area contributed by atoms with Gasteiger partial charge in [0.05, 0.1) is 0 Å². The fourth-order valence-corrected chi connectivity index (χ4v) is 6.16. The van der Waals surface area contributed by atoms with Gasteiger partial charge in [0.25, 0.3) is 5.24 Å². The molecule has 4 fully saturated rings. The quantitative estimate of drug-likeness (QED) is 0.761. The van der Waals surface area contributed by atoms with Crippen LogP contribution >= 0.6 is 11.8 Å². The molecule has 4 unspecified atom stereocenters. The van der Waals surface area contributed by atoms with Crippen LogP contribution in [0.4, 0.5) is 4.79 Å². The van der Waals surface area contributed by atoms with Gasteiger partial charge < -0.3 is 5.32 Å². The molecule has 0 aromatic carbocycles. The van der Waals surface area contributed by atoms with Crippen LogP contribution in [0, 0.1) is 22.7 Å². The van der Waals surface area contributed by atoms with E-state index in [1.165, 1.54) is 19.3 Å². The summed E-state index contributed by atoms with van der Waals surface area (Å²) in [6.45, 7) is 8.16. The van der Waals surface area contributed by atoms with Crippen LogP contribution in [0.25, 0.3) is 0 Å². The van der Waals surface area contributed by atoms with E-state index < -0.39 is 0 Å². The monoisotopic (exact) mass is 239 g/mol. The molecule has 90 valence electrons. The molecule has 0 spiro atoms. The molecule has 0 aromatic rings. The Morgan fingerprint density at radius 3 is 2.62 bits per heavy atom. The van der Waals surface area contributed by atoms with Crippen LogP contribution in [0.5, 0.6) is 0 Å². The summed E-state index contributed by atoms with van der Waals surface area (Å²) >= 11 is 1.56. The predicted octanol–water partition coefficient (Wildman–Crippen LogP) is 3.27. The second-order valence-electron chi connectivity index (χ2n) is 6.42. The van der Waals surface area contributed by atoms with E-state index >= 15 is 0 Å². The molecule has 3 saturated carbocycles. The number of hydrogen-bond acceptors (Lipinski definition) is 2. The van der Waals surface area contributed by atoms with Crippen LogP contribution in [-0.4, -0.2) is 17.0 Å². The average molecular weight is 239 g/mol. The van der Waals surface area contributed by atoms with Gasteiger partial charge in [0.15, 0.2) is 0 Å². The lowest BCUT2D eigenvalue weighted by Gasteiger charge is -2.70. The average Bonchev–Trinajstić information content (AvgIpc) is 2.64. The van der Waals surface area contributed by atoms with Gasteiger partial charge in [0.2, 0.25) is 0 Å². The van der Waals surface area contributed by atoms with E-state index in [0.29, 0.717) is 16.1 Å². The van der Waals surface area contributed by atoms with E-state index in [1.54, 1.807) is 11.8 Å². The topological polar surface area (TPSA) is 29.1 Å². The second kappa shape index (κ2) is 3.18. The zero-order valence-corrected chi connectivity index (χ0v) is 11.2. The Labute approximate surface area is 102 Å². The molecule has 3 aliphatic carbocycles.